The van der Waals surface area contributed by atoms with Crippen LogP contribution in [0.25, 0.3) is 0 Å². The monoisotopic (exact) mass is 178 g/mol. The van der Waals surface area contributed by atoms with Crippen molar-refractivity contribution in [2.75, 3.05) is 7.11 Å². The van der Waals surface area contributed by atoms with E-state index in [1.807, 2.05) is 6.07 Å². The Kier molecular flexibility index (Phi) is 1.74. The SMILES string of the molecule is C=C1Oc2c(OC)cccc2C1O. The molecular weight excluding hydrogens is 168 g/mol. The summed E-state index contributed by atoms with van der Waals surface area (Å²) >= 11 is 0. The number of benzene rings is 1. The van der Waals surface area contributed by atoms with E-state index in [0.29, 0.717) is 22.8 Å². The van der Waals surface area contributed by atoms with Crippen LogP contribution in [-0.2, 0) is 0 Å². The summed E-state index contributed by atoms with van der Waals surface area (Å²) in [6.45, 7) is 3.60. The van der Waals surface area contributed by atoms with Crippen molar-refractivity contribution in [3.63, 3.8) is 0 Å². The molecule has 68 valence electrons. The predicted octanol–water partition coefficient (Wildman–Crippen LogP) is 1.63. The van der Waals surface area contributed by atoms with Gasteiger partial charge in [-0.05, 0) is 6.07 Å². The fourth-order valence-electron chi connectivity index (χ4n) is 1.38. The Morgan fingerprint density at radius 1 is 1.54 bits per heavy atom. The van der Waals surface area contributed by atoms with Gasteiger partial charge in [-0.15, -0.1) is 0 Å². The van der Waals surface area contributed by atoms with E-state index in [1.54, 1.807) is 19.2 Å². The third kappa shape index (κ3) is 1.09. The van der Waals surface area contributed by atoms with Crippen LogP contribution in [0.5, 0.6) is 11.5 Å². The van der Waals surface area contributed by atoms with Gasteiger partial charge in [-0.1, -0.05) is 18.7 Å². The Morgan fingerprint density at radius 3 is 3.00 bits per heavy atom. The Bertz CT molecular complexity index is 357. The van der Waals surface area contributed by atoms with Gasteiger partial charge in [0.1, 0.15) is 11.9 Å². The lowest BCUT2D eigenvalue weighted by atomic mass is 10.1. The molecule has 0 bridgehead atoms. The summed E-state index contributed by atoms with van der Waals surface area (Å²) in [5.41, 5.74) is 0.712. The van der Waals surface area contributed by atoms with Crippen LogP contribution in [0.4, 0.5) is 0 Å². The molecule has 1 aliphatic heterocycles. The maximum Gasteiger partial charge on any atom is 0.175 e. The van der Waals surface area contributed by atoms with Gasteiger partial charge in [0.25, 0.3) is 0 Å². The van der Waals surface area contributed by atoms with E-state index in [4.69, 9.17) is 9.47 Å². The molecule has 0 saturated carbocycles. The van der Waals surface area contributed by atoms with Gasteiger partial charge in [-0.3, -0.25) is 0 Å². The average molecular weight is 178 g/mol. The quantitative estimate of drug-likeness (QED) is 0.710. The van der Waals surface area contributed by atoms with Crippen LogP contribution < -0.4 is 9.47 Å². The van der Waals surface area contributed by atoms with Gasteiger partial charge in [-0.25, -0.2) is 0 Å². The second kappa shape index (κ2) is 2.78. The number of hydrogen-bond acceptors (Lipinski definition) is 3. The van der Waals surface area contributed by atoms with Crippen LogP contribution >= 0.6 is 0 Å². The van der Waals surface area contributed by atoms with Crippen molar-refractivity contribution in [1.29, 1.82) is 0 Å². The van der Waals surface area contributed by atoms with Gasteiger partial charge in [0.2, 0.25) is 0 Å². The highest BCUT2D eigenvalue weighted by Gasteiger charge is 2.28. The molecule has 1 N–H and O–H groups in total. The van der Waals surface area contributed by atoms with Crippen molar-refractivity contribution in [2.24, 2.45) is 0 Å². The summed E-state index contributed by atoms with van der Waals surface area (Å²) in [7, 11) is 1.56. The Labute approximate surface area is 76.2 Å². The smallest absolute Gasteiger partial charge is 0.175 e. The number of ether oxygens (including phenoxy) is 2. The molecule has 3 nitrogen and oxygen atoms in total. The van der Waals surface area contributed by atoms with Crippen LogP contribution in [-0.4, -0.2) is 12.2 Å². The summed E-state index contributed by atoms with van der Waals surface area (Å²) in [4.78, 5) is 0. The molecule has 1 heterocycles. The zero-order chi connectivity index (χ0) is 9.42. The number of rotatable bonds is 1. The minimum Gasteiger partial charge on any atom is -0.493 e. The van der Waals surface area contributed by atoms with E-state index >= 15 is 0 Å². The highest BCUT2D eigenvalue weighted by atomic mass is 16.5. The molecule has 1 unspecified atom stereocenters. The van der Waals surface area contributed by atoms with Gasteiger partial charge >= 0.3 is 0 Å². The lowest BCUT2D eigenvalue weighted by Gasteiger charge is -2.04. The van der Waals surface area contributed by atoms with Crippen molar-refractivity contribution < 1.29 is 14.6 Å². The van der Waals surface area contributed by atoms with E-state index in [2.05, 4.69) is 6.58 Å². The highest BCUT2D eigenvalue weighted by molar-refractivity contribution is 5.53. The molecular formula is C10H10O3. The minimum atomic E-state index is -0.731. The standard InChI is InChI=1S/C10H10O3/c1-6-9(11)7-4-3-5-8(12-2)10(7)13-6/h3-5,9,11H,1H2,2H3. The van der Waals surface area contributed by atoms with Gasteiger partial charge in [0.05, 0.1) is 7.11 Å². The summed E-state index contributed by atoms with van der Waals surface area (Å²) in [5, 5.41) is 9.59. The zero-order valence-corrected chi connectivity index (χ0v) is 7.28. The van der Waals surface area contributed by atoms with Crippen LogP contribution in [0.15, 0.2) is 30.5 Å². The second-order valence-electron chi connectivity index (χ2n) is 2.85. The summed E-state index contributed by atoms with van der Waals surface area (Å²) in [6, 6.07) is 5.38. The lowest BCUT2D eigenvalue weighted by Crippen LogP contribution is -1.93. The first-order valence-corrected chi connectivity index (χ1v) is 3.95. The molecule has 3 heteroatoms. The Morgan fingerprint density at radius 2 is 2.31 bits per heavy atom. The zero-order valence-electron chi connectivity index (χ0n) is 7.28. The van der Waals surface area contributed by atoms with E-state index < -0.39 is 6.10 Å². The Balaban J connectivity index is 2.55. The predicted molar refractivity (Wildman–Crippen MR) is 47.7 cm³/mol. The minimum absolute atomic E-state index is 0.347. The lowest BCUT2D eigenvalue weighted by molar-refractivity contribution is 0.191. The molecule has 0 fully saturated rings. The largest absolute Gasteiger partial charge is 0.493 e. The van der Waals surface area contributed by atoms with E-state index in [1.165, 1.54) is 0 Å². The highest BCUT2D eigenvalue weighted by Crippen LogP contribution is 2.43. The maximum atomic E-state index is 9.59. The van der Waals surface area contributed by atoms with E-state index in [9.17, 15) is 5.11 Å². The maximum absolute atomic E-state index is 9.59. The first kappa shape index (κ1) is 8.13. The van der Waals surface area contributed by atoms with E-state index in [-0.39, 0.29) is 0 Å². The summed E-state index contributed by atoms with van der Waals surface area (Å²) in [6.07, 6.45) is -0.731. The molecule has 0 radical (unpaired) electrons. The number of methoxy groups -OCH3 is 1. The summed E-state index contributed by atoms with van der Waals surface area (Å²) in [5.74, 6) is 1.54. The average Bonchev–Trinajstić information content (AvgIpc) is 2.43. The van der Waals surface area contributed by atoms with Crippen LogP contribution in [0, 0.1) is 0 Å². The second-order valence-corrected chi connectivity index (χ2v) is 2.85. The normalized spacial score (nSPS) is 19.5. The Hall–Kier alpha value is -1.48. The molecule has 0 saturated heterocycles. The molecule has 1 aliphatic rings. The number of aliphatic hydroxyl groups is 1. The van der Waals surface area contributed by atoms with Crippen LogP contribution in [0.2, 0.25) is 0 Å². The first-order valence-electron chi connectivity index (χ1n) is 3.95. The van der Waals surface area contributed by atoms with Crippen molar-refractivity contribution in [1.82, 2.24) is 0 Å². The van der Waals surface area contributed by atoms with Gasteiger partial charge in [0.15, 0.2) is 11.5 Å². The van der Waals surface area contributed by atoms with Gasteiger partial charge in [0, 0.05) is 5.56 Å². The molecule has 0 spiro atoms. The first-order chi connectivity index (χ1) is 6.24. The number of para-hydroxylation sites is 1. The van der Waals surface area contributed by atoms with Crippen LogP contribution in [0.3, 0.4) is 0 Å². The number of fused-ring (bicyclic) bond motifs is 1. The summed E-state index contributed by atoms with van der Waals surface area (Å²) < 4.78 is 10.3. The molecule has 0 aromatic heterocycles. The third-order valence-electron chi connectivity index (χ3n) is 2.06. The topological polar surface area (TPSA) is 38.7 Å². The van der Waals surface area contributed by atoms with Gasteiger partial charge < -0.3 is 14.6 Å². The fourth-order valence-corrected chi connectivity index (χ4v) is 1.38. The molecule has 0 amide bonds. The van der Waals surface area contributed by atoms with Gasteiger partial charge in [-0.2, -0.15) is 0 Å². The van der Waals surface area contributed by atoms with E-state index in [0.717, 1.165) is 0 Å². The van der Waals surface area contributed by atoms with Crippen molar-refractivity contribution >= 4 is 0 Å². The van der Waals surface area contributed by atoms with Crippen molar-refractivity contribution in [3.8, 4) is 11.5 Å². The molecule has 13 heavy (non-hydrogen) atoms. The molecule has 1 atom stereocenters. The van der Waals surface area contributed by atoms with Crippen molar-refractivity contribution in [3.05, 3.63) is 36.1 Å². The number of hydrogen-bond donors (Lipinski definition) is 1. The molecule has 0 aliphatic carbocycles. The fraction of sp³-hybridized carbons (Fsp3) is 0.200. The van der Waals surface area contributed by atoms with Crippen LogP contribution in [0.1, 0.15) is 11.7 Å². The molecule has 1 aromatic carbocycles. The number of aliphatic hydroxyl groups excluding tert-OH is 1. The molecule has 1 aromatic rings. The molecule has 2 rings (SSSR count). The third-order valence-corrected chi connectivity index (χ3v) is 2.06. The van der Waals surface area contributed by atoms with Crippen molar-refractivity contribution in [2.45, 2.75) is 6.10 Å².